The largest absolute Gasteiger partial charge is 0.497 e. The summed E-state index contributed by atoms with van der Waals surface area (Å²) in [5, 5.41) is 5.97. The van der Waals surface area contributed by atoms with E-state index in [1.54, 1.807) is 19.2 Å². The van der Waals surface area contributed by atoms with Crippen LogP contribution in [0.2, 0.25) is 0 Å². The van der Waals surface area contributed by atoms with Gasteiger partial charge in [-0.25, -0.2) is 9.97 Å². The SMILES string of the molecule is COc1ccc(CNc2cnc(C(=O)Nc3ccc(OC(C)C)cc3)cn2)cc1. The van der Waals surface area contributed by atoms with E-state index in [0.29, 0.717) is 18.1 Å². The molecule has 3 rings (SSSR count). The van der Waals surface area contributed by atoms with Crippen molar-refractivity contribution in [1.29, 1.82) is 0 Å². The van der Waals surface area contributed by atoms with E-state index in [1.807, 2.05) is 50.2 Å². The van der Waals surface area contributed by atoms with Crippen molar-refractivity contribution >= 4 is 17.4 Å². The number of rotatable bonds is 8. The molecule has 150 valence electrons. The van der Waals surface area contributed by atoms with Crippen molar-refractivity contribution in [2.75, 3.05) is 17.7 Å². The molecule has 0 aliphatic carbocycles. The van der Waals surface area contributed by atoms with E-state index < -0.39 is 0 Å². The van der Waals surface area contributed by atoms with Crippen molar-refractivity contribution in [2.24, 2.45) is 0 Å². The number of aromatic nitrogens is 2. The molecule has 0 unspecified atom stereocenters. The summed E-state index contributed by atoms with van der Waals surface area (Å²) in [6, 6.07) is 14.9. The second-order valence-corrected chi connectivity index (χ2v) is 6.63. The smallest absolute Gasteiger partial charge is 0.275 e. The molecule has 29 heavy (non-hydrogen) atoms. The van der Waals surface area contributed by atoms with E-state index >= 15 is 0 Å². The Balaban J connectivity index is 1.54. The zero-order chi connectivity index (χ0) is 20.6. The minimum Gasteiger partial charge on any atom is -0.497 e. The predicted molar refractivity (Wildman–Crippen MR) is 113 cm³/mol. The third-order valence-electron chi connectivity index (χ3n) is 4.00. The molecule has 0 saturated carbocycles. The summed E-state index contributed by atoms with van der Waals surface area (Å²) in [7, 11) is 1.64. The highest BCUT2D eigenvalue weighted by molar-refractivity contribution is 6.02. The number of amides is 1. The number of hydrogen-bond acceptors (Lipinski definition) is 6. The van der Waals surface area contributed by atoms with Gasteiger partial charge in [0.1, 0.15) is 23.0 Å². The van der Waals surface area contributed by atoms with Crippen LogP contribution in [0.15, 0.2) is 60.9 Å². The Morgan fingerprint density at radius 2 is 1.66 bits per heavy atom. The Morgan fingerprint density at radius 3 is 2.24 bits per heavy atom. The number of hydrogen-bond donors (Lipinski definition) is 2. The van der Waals surface area contributed by atoms with Crippen LogP contribution in [0.1, 0.15) is 29.9 Å². The molecule has 0 radical (unpaired) electrons. The quantitative estimate of drug-likeness (QED) is 0.599. The molecule has 0 atom stereocenters. The van der Waals surface area contributed by atoms with Crippen LogP contribution in [-0.4, -0.2) is 29.1 Å². The van der Waals surface area contributed by atoms with Gasteiger partial charge in [-0.2, -0.15) is 0 Å². The maximum absolute atomic E-state index is 12.4. The molecule has 0 bridgehead atoms. The highest BCUT2D eigenvalue weighted by atomic mass is 16.5. The van der Waals surface area contributed by atoms with E-state index in [-0.39, 0.29) is 17.7 Å². The Kier molecular flexibility index (Phi) is 6.63. The summed E-state index contributed by atoms with van der Waals surface area (Å²) in [5.41, 5.74) is 1.98. The number of anilines is 2. The molecule has 0 aliphatic heterocycles. The minimum atomic E-state index is -0.322. The van der Waals surface area contributed by atoms with Crippen LogP contribution in [0, 0.1) is 0 Å². The average Bonchev–Trinajstić information content (AvgIpc) is 2.74. The highest BCUT2D eigenvalue weighted by Gasteiger charge is 2.09. The van der Waals surface area contributed by atoms with Crippen molar-refractivity contribution in [1.82, 2.24) is 9.97 Å². The maximum atomic E-state index is 12.4. The van der Waals surface area contributed by atoms with Crippen LogP contribution < -0.4 is 20.1 Å². The summed E-state index contributed by atoms with van der Waals surface area (Å²) < 4.78 is 10.7. The number of methoxy groups -OCH3 is 1. The lowest BCUT2D eigenvalue weighted by Gasteiger charge is -2.10. The third-order valence-corrected chi connectivity index (χ3v) is 4.00. The molecule has 7 nitrogen and oxygen atoms in total. The Morgan fingerprint density at radius 1 is 0.966 bits per heavy atom. The first kappa shape index (κ1) is 20.1. The van der Waals surface area contributed by atoms with Crippen LogP contribution >= 0.6 is 0 Å². The number of nitrogens with zero attached hydrogens (tertiary/aromatic N) is 2. The van der Waals surface area contributed by atoms with Crippen molar-refractivity contribution < 1.29 is 14.3 Å². The lowest BCUT2D eigenvalue weighted by atomic mass is 10.2. The molecule has 1 aromatic heterocycles. The van der Waals surface area contributed by atoms with Crippen LogP contribution in [0.25, 0.3) is 0 Å². The molecule has 0 saturated heterocycles. The fraction of sp³-hybridized carbons (Fsp3) is 0.227. The molecule has 3 aromatic rings. The summed E-state index contributed by atoms with van der Waals surface area (Å²) in [4.78, 5) is 20.8. The van der Waals surface area contributed by atoms with E-state index in [1.165, 1.54) is 12.4 Å². The first-order valence-electron chi connectivity index (χ1n) is 9.30. The summed E-state index contributed by atoms with van der Waals surface area (Å²) in [6.07, 6.45) is 3.09. The molecular formula is C22H24N4O3. The lowest BCUT2D eigenvalue weighted by molar-refractivity contribution is 0.102. The molecule has 1 amide bonds. The standard InChI is InChI=1S/C22H24N4O3/c1-15(2)29-19-10-6-17(7-11-19)26-22(27)20-13-25-21(14-23-20)24-12-16-4-8-18(28-3)9-5-16/h4-11,13-15H,12H2,1-3H3,(H,24,25)(H,26,27). The number of ether oxygens (including phenoxy) is 2. The van der Waals surface area contributed by atoms with Crippen molar-refractivity contribution in [3.63, 3.8) is 0 Å². The van der Waals surface area contributed by atoms with Gasteiger partial charge in [-0.15, -0.1) is 0 Å². The fourth-order valence-corrected chi connectivity index (χ4v) is 2.56. The fourth-order valence-electron chi connectivity index (χ4n) is 2.56. The van der Waals surface area contributed by atoms with Gasteiger partial charge in [0.2, 0.25) is 0 Å². The lowest BCUT2D eigenvalue weighted by Crippen LogP contribution is -2.14. The monoisotopic (exact) mass is 392 g/mol. The van der Waals surface area contributed by atoms with E-state index in [4.69, 9.17) is 9.47 Å². The van der Waals surface area contributed by atoms with Gasteiger partial charge < -0.3 is 20.1 Å². The number of carbonyl (C=O) groups is 1. The van der Waals surface area contributed by atoms with Gasteiger partial charge in [0, 0.05) is 12.2 Å². The molecule has 2 N–H and O–H groups in total. The van der Waals surface area contributed by atoms with Crippen LogP contribution in [0.3, 0.4) is 0 Å². The zero-order valence-electron chi connectivity index (χ0n) is 16.7. The van der Waals surface area contributed by atoms with Crippen LogP contribution in [0.5, 0.6) is 11.5 Å². The number of benzene rings is 2. The van der Waals surface area contributed by atoms with Gasteiger partial charge in [0.15, 0.2) is 0 Å². The molecule has 7 heteroatoms. The van der Waals surface area contributed by atoms with Gasteiger partial charge in [0.05, 0.1) is 25.6 Å². The molecular weight excluding hydrogens is 368 g/mol. The first-order chi connectivity index (χ1) is 14.0. The second kappa shape index (κ2) is 9.54. The summed E-state index contributed by atoms with van der Waals surface area (Å²) in [5.74, 6) is 1.83. The van der Waals surface area contributed by atoms with Crippen molar-refractivity contribution in [3.8, 4) is 11.5 Å². The topological polar surface area (TPSA) is 85.4 Å². The van der Waals surface area contributed by atoms with Crippen LogP contribution in [0.4, 0.5) is 11.5 Å². The highest BCUT2D eigenvalue weighted by Crippen LogP contribution is 2.17. The first-order valence-corrected chi connectivity index (χ1v) is 9.30. The predicted octanol–water partition coefficient (Wildman–Crippen LogP) is 4.14. The molecule has 1 heterocycles. The van der Waals surface area contributed by atoms with Crippen molar-refractivity contribution in [2.45, 2.75) is 26.5 Å². The molecule has 0 spiro atoms. The maximum Gasteiger partial charge on any atom is 0.275 e. The van der Waals surface area contributed by atoms with E-state index in [2.05, 4.69) is 20.6 Å². The average molecular weight is 392 g/mol. The summed E-state index contributed by atoms with van der Waals surface area (Å²) in [6.45, 7) is 4.52. The van der Waals surface area contributed by atoms with Crippen LogP contribution in [-0.2, 0) is 6.54 Å². The van der Waals surface area contributed by atoms with Gasteiger partial charge in [-0.05, 0) is 55.8 Å². The third kappa shape index (κ3) is 5.93. The molecule has 0 fully saturated rings. The minimum absolute atomic E-state index is 0.0996. The van der Waals surface area contributed by atoms with Gasteiger partial charge in [-0.1, -0.05) is 12.1 Å². The Bertz CT molecular complexity index is 924. The van der Waals surface area contributed by atoms with Crippen molar-refractivity contribution in [3.05, 3.63) is 72.2 Å². The molecule has 0 aliphatic rings. The Labute approximate surface area is 170 Å². The zero-order valence-corrected chi connectivity index (χ0v) is 16.7. The van der Waals surface area contributed by atoms with Gasteiger partial charge >= 0.3 is 0 Å². The number of nitrogens with one attached hydrogen (secondary N) is 2. The summed E-state index contributed by atoms with van der Waals surface area (Å²) >= 11 is 0. The Hall–Kier alpha value is -3.61. The van der Waals surface area contributed by atoms with E-state index in [9.17, 15) is 4.79 Å². The molecule has 2 aromatic carbocycles. The van der Waals surface area contributed by atoms with E-state index in [0.717, 1.165) is 17.1 Å². The van der Waals surface area contributed by atoms with Gasteiger partial charge in [0.25, 0.3) is 5.91 Å². The second-order valence-electron chi connectivity index (χ2n) is 6.63. The normalized spacial score (nSPS) is 10.5. The number of carbonyl (C=O) groups excluding carboxylic acids is 1. The van der Waals surface area contributed by atoms with Gasteiger partial charge in [-0.3, -0.25) is 4.79 Å².